The molecule has 5 rings (SSSR count). The molecular weight excluding hydrogens is 458 g/mol. The fourth-order valence-electron chi connectivity index (χ4n) is 3.84. The number of nitrogens with zero attached hydrogens (tertiary/aromatic N) is 2. The van der Waals surface area contributed by atoms with Crippen molar-refractivity contribution in [3.63, 3.8) is 0 Å². The molecule has 0 saturated carbocycles. The lowest BCUT2D eigenvalue weighted by Crippen LogP contribution is -2.33. The Morgan fingerprint density at radius 1 is 0.970 bits per heavy atom. The van der Waals surface area contributed by atoms with Crippen molar-refractivity contribution in [1.82, 2.24) is 9.55 Å². The number of fused-ring (bicyclic) bond motifs is 1. The van der Waals surface area contributed by atoms with Crippen LogP contribution in [0.4, 0.5) is 5.69 Å². The third kappa shape index (κ3) is 4.13. The third-order valence-electron chi connectivity index (χ3n) is 5.40. The molecule has 0 radical (unpaired) electrons. The van der Waals surface area contributed by atoms with Crippen LogP contribution in [0.5, 0.6) is 5.88 Å². The van der Waals surface area contributed by atoms with E-state index in [9.17, 15) is 14.7 Å². The number of aromatic nitrogens is 2. The lowest BCUT2D eigenvalue weighted by molar-refractivity contribution is 0.429. The fourth-order valence-corrected chi connectivity index (χ4v) is 5.20. The molecule has 0 bridgehead atoms. The summed E-state index contributed by atoms with van der Waals surface area (Å²) >= 11 is 7.62. The maximum Gasteiger partial charge on any atom is 0.335 e. The standard InChI is InChI=1S/C25H18ClN3O3S/c26-16-10-12-17(13-11-16)29-24(31)22(23(30)28-25(29)32)19-14-21(15-6-2-1-3-7-15)33-20-9-5-4-8-18(20)27-19/h1-13,21,31H,14H2,(H,28,30,32)/t21-/m1/s1. The molecule has 2 heterocycles. The zero-order chi connectivity index (χ0) is 22.9. The van der Waals surface area contributed by atoms with Gasteiger partial charge in [-0.2, -0.15) is 0 Å². The number of thioether (sulfide) groups is 1. The number of nitrogens with one attached hydrogen (secondary N) is 1. The number of benzene rings is 3. The lowest BCUT2D eigenvalue weighted by Gasteiger charge is -2.17. The van der Waals surface area contributed by atoms with Gasteiger partial charge in [-0.15, -0.1) is 11.8 Å². The van der Waals surface area contributed by atoms with Gasteiger partial charge in [-0.3, -0.25) is 14.8 Å². The number of H-pyrrole nitrogens is 1. The quantitative estimate of drug-likeness (QED) is 0.424. The van der Waals surface area contributed by atoms with Gasteiger partial charge in [0, 0.05) is 21.6 Å². The van der Waals surface area contributed by atoms with Crippen molar-refractivity contribution in [2.45, 2.75) is 16.6 Å². The summed E-state index contributed by atoms with van der Waals surface area (Å²) < 4.78 is 1.05. The topological polar surface area (TPSA) is 87.5 Å². The number of aliphatic imine (C=N–C) groups is 1. The second-order valence-electron chi connectivity index (χ2n) is 7.52. The summed E-state index contributed by atoms with van der Waals surface area (Å²) in [5.74, 6) is -0.457. The fraction of sp³-hybridized carbons (Fsp3) is 0.0800. The van der Waals surface area contributed by atoms with Crippen LogP contribution in [0, 0.1) is 0 Å². The number of hydrogen-bond donors (Lipinski definition) is 2. The highest BCUT2D eigenvalue weighted by atomic mass is 35.5. The maximum atomic E-state index is 12.9. The van der Waals surface area contributed by atoms with Crippen molar-refractivity contribution in [1.29, 1.82) is 0 Å². The molecule has 1 aromatic heterocycles. The molecule has 2 N–H and O–H groups in total. The highest BCUT2D eigenvalue weighted by Gasteiger charge is 2.27. The van der Waals surface area contributed by atoms with Gasteiger partial charge in [0.1, 0.15) is 5.56 Å². The average Bonchev–Trinajstić information content (AvgIpc) is 3.00. The Morgan fingerprint density at radius 3 is 2.42 bits per heavy atom. The van der Waals surface area contributed by atoms with Crippen LogP contribution in [-0.4, -0.2) is 20.4 Å². The summed E-state index contributed by atoms with van der Waals surface area (Å²) in [5.41, 5.74) is 1.12. The van der Waals surface area contributed by atoms with Crippen molar-refractivity contribution in [3.05, 3.63) is 116 Å². The SMILES string of the molecule is O=c1[nH]c(=O)n(-c2ccc(Cl)cc2)c(O)c1C1=Nc2ccccc2S[C@@H](c2ccccc2)C1. The van der Waals surface area contributed by atoms with Crippen LogP contribution in [0.25, 0.3) is 5.69 Å². The second kappa shape index (κ2) is 8.77. The molecule has 4 aromatic rings. The Bertz CT molecular complexity index is 1480. The highest BCUT2D eigenvalue weighted by molar-refractivity contribution is 7.99. The molecule has 0 unspecified atom stereocenters. The minimum atomic E-state index is -0.743. The van der Waals surface area contributed by atoms with E-state index in [4.69, 9.17) is 16.6 Å². The molecule has 6 nitrogen and oxygen atoms in total. The van der Waals surface area contributed by atoms with Gasteiger partial charge in [-0.05, 0) is 42.0 Å². The zero-order valence-electron chi connectivity index (χ0n) is 17.2. The van der Waals surface area contributed by atoms with E-state index in [0.29, 0.717) is 28.5 Å². The van der Waals surface area contributed by atoms with E-state index in [1.54, 1.807) is 36.0 Å². The predicted octanol–water partition coefficient (Wildman–Crippen LogP) is 5.24. The Morgan fingerprint density at radius 2 is 1.67 bits per heavy atom. The van der Waals surface area contributed by atoms with Crippen molar-refractivity contribution in [2.75, 3.05) is 0 Å². The summed E-state index contributed by atoms with van der Waals surface area (Å²) in [7, 11) is 0. The van der Waals surface area contributed by atoms with Crippen molar-refractivity contribution >= 4 is 34.8 Å². The normalized spacial score (nSPS) is 15.4. The van der Waals surface area contributed by atoms with E-state index in [1.165, 1.54) is 0 Å². The van der Waals surface area contributed by atoms with Crippen LogP contribution < -0.4 is 11.2 Å². The number of rotatable bonds is 3. The molecule has 0 fully saturated rings. The molecule has 1 aliphatic heterocycles. The second-order valence-corrected chi connectivity index (χ2v) is 9.20. The zero-order valence-corrected chi connectivity index (χ0v) is 18.8. The molecular formula is C25H18ClN3O3S. The first-order valence-corrected chi connectivity index (χ1v) is 11.5. The van der Waals surface area contributed by atoms with Gasteiger partial charge in [0.2, 0.25) is 5.88 Å². The Balaban J connectivity index is 1.71. The molecule has 0 saturated heterocycles. The maximum absolute atomic E-state index is 12.9. The van der Waals surface area contributed by atoms with E-state index in [2.05, 4.69) is 4.98 Å². The monoisotopic (exact) mass is 475 g/mol. The van der Waals surface area contributed by atoms with Crippen LogP contribution in [-0.2, 0) is 0 Å². The van der Waals surface area contributed by atoms with Gasteiger partial charge in [-0.25, -0.2) is 9.36 Å². The lowest BCUT2D eigenvalue weighted by atomic mass is 10.0. The van der Waals surface area contributed by atoms with Gasteiger partial charge in [-0.1, -0.05) is 54.1 Å². The molecule has 0 amide bonds. The molecule has 0 spiro atoms. The first kappa shape index (κ1) is 21.3. The van der Waals surface area contributed by atoms with Crippen LogP contribution in [0.2, 0.25) is 5.02 Å². The summed E-state index contributed by atoms with van der Waals surface area (Å²) in [6, 6.07) is 24.0. The van der Waals surface area contributed by atoms with E-state index >= 15 is 0 Å². The van der Waals surface area contributed by atoms with Gasteiger partial charge >= 0.3 is 5.69 Å². The largest absolute Gasteiger partial charge is 0.493 e. The highest BCUT2D eigenvalue weighted by Crippen LogP contribution is 2.45. The van der Waals surface area contributed by atoms with Gasteiger partial charge in [0.05, 0.1) is 17.1 Å². The van der Waals surface area contributed by atoms with Crippen LogP contribution >= 0.6 is 23.4 Å². The summed E-state index contributed by atoms with van der Waals surface area (Å²) in [6.07, 6.45) is 0.388. The Hall–Kier alpha value is -3.55. The molecule has 33 heavy (non-hydrogen) atoms. The Kier molecular flexibility index (Phi) is 5.66. The Labute approximate surface area is 198 Å². The first-order chi connectivity index (χ1) is 16.0. The van der Waals surface area contributed by atoms with Crippen LogP contribution in [0.15, 0.2) is 98.3 Å². The smallest absolute Gasteiger partial charge is 0.335 e. The first-order valence-electron chi connectivity index (χ1n) is 10.2. The van der Waals surface area contributed by atoms with E-state index in [1.807, 2.05) is 54.6 Å². The van der Waals surface area contributed by atoms with E-state index < -0.39 is 17.1 Å². The summed E-state index contributed by atoms with van der Waals surface area (Å²) in [5, 5.41) is 11.6. The van der Waals surface area contributed by atoms with E-state index in [0.717, 1.165) is 15.0 Å². The molecule has 1 aliphatic rings. The van der Waals surface area contributed by atoms with Crippen molar-refractivity contribution in [3.8, 4) is 11.6 Å². The van der Waals surface area contributed by atoms with Gasteiger partial charge in [0.15, 0.2) is 0 Å². The molecule has 3 aromatic carbocycles. The molecule has 8 heteroatoms. The number of aromatic amines is 1. The van der Waals surface area contributed by atoms with E-state index in [-0.39, 0.29) is 10.8 Å². The van der Waals surface area contributed by atoms with Crippen LogP contribution in [0.1, 0.15) is 22.8 Å². The number of halogens is 1. The molecule has 0 aliphatic carbocycles. The number of aromatic hydroxyl groups is 1. The van der Waals surface area contributed by atoms with Crippen molar-refractivity contribution < 1.29 is 5.11 Å². The third-order valence-corrected chi connectivity index (χ3v) is 6.97. The summed E-state index contributed by atoms with van der Waals surface area (Å²) in [6.45, 7) is 0. The minimum absolute atomic E-state index is 0.0252. The summed E-state index contributed by atoms with van der Waals surface area (Å²) in [4.78, 5) is 33.6. The number of para-hydroxylation sites is 1. The molecule has 1 atom stereocenters. The van der Waals surface area contributed by atoms with Crippen molar-refractivity contribution in [2.24, 2.45) is 4.99 Å². The molecule has 164 valence electrons. The van der Waals surface area contributed by atoms with Gasteiger partial charge < -0.3 is 5.11 Å². The minimum Gasteiger partial charge on any atom is -0.493 e. The van der Waals surface area contributed by atoms with Crippen LogP contribution in [0.3, 0.4) is 0 Å². The predicted molar refractivity (Wildman–Crippen MR) is 132 cm³/mol. The van der Waals surface area contributed by atoms with Gasteiger partial charge in [0.25, 0.3) is 5.56 Å². The average molecular weight is 476 g/mol. The number of hydrogen-bond acceptors (Lipinski definition) is 5.